The fourth-order valence-electron chi connectivity index (χ4n) is 3.58. The van der Waals surface area contributed by atoms with Gasteiger partial charge >= 0.3 is 0 Å². The molecule has 0 unspecified atom stereocenters. The minimum Gasteiger partial charge on any atom is -0.384 e. The number of aryl methyl sites for hydroxylation is 1. The number of carbonyl (C=O) groups is 2. The molecule has 0 aromatic carbocycles. The third kappa shape index (κ3) is 4.27. The van der Waals surface area contributed by atoms with E-state index in [2.05, 4.69) is 5.16 Å². The third-order valence-corrected chi connectivity index (χ3v) is 5.11. The lowest BCUT2D eigenvalue weighted by Gasteiger charge is -2.32. The molecular formula is C17H25N3O4. The molecule has 0 spiro atoms. The van der Waals surface area contributed by atoms with Crippen LogP contribution in [0.15, 0.2) is 15.4 Å². The number of carbonyl (C=O) groups excluding carboxylic acids is 2. The second-order valence-electron chi connectivity index (χ2n) is 6.78. The number of amides is 2. The third-order valence-electron chi connectivity index (χ3n) is 5.11. The molecule has 7 nitrogen and oxygen atoms in total. The summed E-state index contributed by atoms with van der Waals surface area (Å²) < 4.78 is 4.97. The average molecular weight is 335 g/mol. The number of rotatable bonds is 6. The molecule has 0 saturated carbocycles. The van der Waals surface area contributed by atoms with Crippen LogP contribution < -0.4 is 5.56 Å². The van der Waals surface area contributed by atoms with E-state index >= 15 is 0 Å². The zero-order valence-corrected chi connectivity index (χ0v) is 14.0. The van der Waals surface area contributed by atoms with Crippen molar-refractivity contribution in [3.05, 3.63) is 22.2 Å². The zero-order chi connectivity index (χ0) is 16.9. The van der Waals surface area contributed by atoms with Crippen LogP contribution in [0.5, 0.6) is 0 Å². The lowest BCUT2D eigenvalue weighted by atomic mass is 9.93. The topological polar surface area (TPSA) is 86.6 Å². The first-order valence-corrected chi connectivity index (χ1v) is 8.85. The van der Waals surface area contributed by atoms with Crippen molar-refractivity contribution < 1.29 is 14.1 Å². The number of aromatic nitrogens is 1. The number of aromatic amines is 1. The fraction of sp³-hybridized carbons (Fsp3) is 0.706. The second kappa shape index (κ2) is 7.68. The molecule has 0 atom stereocenters. The molecule has 1 aromatic rings. The Kier molecular flexibility index (Phi) is 5.37. The van der Waals surface area contributed by atoms with Gasteiger partial charge in [0.25, 0.3) is 5.56 Å². The highest BCUT2D eigenvalue weighted by Gasteiger charge is 2.25. The van der Waals surface area contributed by atoms with Gasteiger partial charge in [-0.05, 0) is 31.6 Å². The highest BCUT2D eigenvalue weighted by atomic mass is 16.5. The van der Waals surface area contributed by atoms with Gasteiger partial charge in [-0.1, -0.05) is 0 Å². The molecule has 0 radical (unpaired) electrons. The van der Waals surface area contributed by atoms with Gasteiger partial charge in [0.15, 0.2) is 0 Å². The van der Waals surface area contributed by atoms with Crippen molar-refractivity contribution in [1.82, 2.24) is 15.0 Å². The van der Waals surface area contributed by atoms with Crippen LogP contribution in [0.1, 0.15) is 44.3 Å². The standard InChI is InChI=1S/C17H25N3O4/c21-15-12-14(24-18-15)3-4-17(23)20-10-6-13(7-11-20)5-9-19-8-1-2-16(19)22/h12-13H,1-11H2,(H,18,21). The maximum atomic E-state index is 12.2. The lowest BCUT2D eigenvalue weighted by Crippen LogP contribution is -2.39. The molecule has 2 amide bonds. The zero-order valence-electron chi connectivity index (χ0n) is 14.0. The molecule has 2 saturated heterocycles. The van der Waals surface area contributed by atoms with Crippen LogP contribution in [0.25, 0.3) is 0 Å². The number of H-pyrrole nitrogens is 1. The summed E-state index contributed by atoms with van der Waals surface area (Å²) >= 11 is 0. The predicted molar refractivity (Wildman–Crippen MR) is 87.4 cm³/mol. The molecule has 7 heteroatoms. The van der Waals surface area contributed by atoms with Crippen LogP contribution in [-0.4, -0.2) is 52.9 Å². The van der Waals surface area contributed by atoms with E-state index in [1.807, 2.05) is 9.80 Å². The van der Waals surface area contributed by atoms with Gasteiger partial charge in [-0.3, -0.25) is 14.4 Å². The molecule has 1 aromatic heterocycles. The number of likely N-dealkylation sites (tertiary alicyclic amines) is 2. The minimum absolute atomic E-state index is 0.118. The van der Waals surface area contributed by atoms with E-state index in [4.69, 9.17) is 4.52 Å². The Hall–Kier alpha value is -2.05. The van der Waals surface area contributed by atoms with Crippen LogP contribution in [0.4, 0.5) is 0 Å². The first kappa shape index (κ1) is 16.8. The van der Waals surface area contributed by atoms with E-state index < -0.39 is 0 Å². The molecule has 0 aliphatic carbocycles. The normalized spacial score (nSPS) is 19.2. The van der Waals surface area contributed by atoms with Crippen LogP contribution in [-0.2, 0) is 16.0 Å². The Morgan fingerprint density at radius 1 is 1.25 bits per heavy atom. The molecule has 2 aliphatic rings. The molecule has 2 aliphatic heterocycles. The molecule has 2 fully saturated rings. The van der Waals surface area contributed by atoms with Crippen LogP contribution >= 0.6 is 0 Å². The number of hydrogen-bond acceptors (Lipinski definition) is 4. The summed E-state index contributed by atoms with van der Waals surface area (Å²) in [6.07, 6.45) is 5.58. The van der Waals surface area contributed by atoms with Gasteiger partial charge in [0, 0.05) is 51.5 Å². The SMILES string of the molecule is O=C1CCCN1CCC1CCN(C(=O)CCc2cc(=O)[nH]o2)CC1. The number of nitrogens with one attached hydrogen (secondary N) is 1. The van der Waals surface area contributed by atoms with E-state index in [0.29, 0.717) is 36.8 Å². The average Bonchev–Trinajstić information content (AvgIpc) is 3.19. The van der Waals surface area contributed by atoms with Crippen molar-refractivity contribution in [1.29, 1.82) is 0 Å². The quantitative estimate of drug-likeness (QED) is 0.845. The monoisotopic (exact) mass is 335 g/mol. The summed E-state index contributed by atoms with van der Waals surface area (Å²) in [7, 11) is 0. The highest BCUT2D eigenvalue weighted by Crippen LogP contribution is 2.22. The van der Waals surface area contributed by atoms with E-state index in [0.717, 1.165) is 51.9 Å². The van der Waals surface area contributed by atoms with Gasteiger partial charge in [-0.25, -0.2) is 0 Å². The Morgan fingerprint density at radius 2 is 2.04 bits per heavy atom. The first-order chi connectivity index (χ1) is 11.6. The van der Waals surface area contributed by atoms with Gasteiger partial charge in [-0.2, -0.15) is 5.16 Å². The maximum Gasteiger partial charge on any atom is 0.280 e. The molecule has 132 valence electrons. The predicted octanol–water partition coefficient (Wildman–Crippen LogP) is 1.15. The summed E-state index contributed by atoms with van der Waals surface area (Å²) in [5, 5.41) is 2.23. The van der Waals surface area contributed by atoms with Crippen LogP contribution in [0.3, 0.4) is 0 Å². The van der Waals surface area contributed by atoms with Crippen molar-refractivity contribution >= 4 is 11.8 Å². The van der Waals surface area contributed by atoms with E-state index in [9.17, 15) is 14.4 Å². The first-order valence-electron chi connectivity index (χ1n) is 8.85. The number of piperidine rings is 1. The van der Waals surface area contributed by atoms with Gasteiger partial charge in [0.1, 0.15) is 5.76 Å². The van der Waals surface area contributed by atoms with Gasteiger partial charge in [-0.15, -0.1) is 0 Å². The van der Waals surface area contributed by atoms with Crippen molar-refractivity contribution in [3.63, 3.8) is 0 Å². The van der Waals surface area contributed by atoms with Gasteiger partial charge in [0.05, 0.1) is 0 Å². The molecule has 3 rings (SSSR count). The van der Waals surface area contributed by atoms with Crippen molar-refractivity contribution in [3.8, 4) is 0 Å². The maximum absolute atomic E-state index is 12.2. The largest absolute Gasteiger partial charge is 0.384 e. The smallest absolute Gasteiger partial charge is 0.280 e. The highest BCUT2D eigenvalue weighted by molar-refractivity contribution is 5.78. The summed E-state index contributed by atoms with van der Waals surface area (Å²) in [5.41, 5.74) is -0.269. The fourth-order valence-corrected chi connectivity index (χ4v) is 3.58. The molecular weight excluding hydrogens is 310 g/mol. The van der Waals surface area contributed by atoms with Gasteiger partial charge < -0.3 is 14.3 Å². The number of hydrogen-bond donors (Lipinski definition) is 1. The summed E-state index contributed by atoms with van der Waals surface area (Å²) in [4.78, 5) is 38.7. The van der Waals surface area contributed by atoms with E-state index in [-0.39, 0.29) is 11.5 Å². The van der Waals surface area contributed by atoms with Crippen LogP contribution in [0.2, 0.25) is 0 Å². The van der Waals surface area contributed by atoms with Crippen molar-refractivity contribution in [2.45, 2.75) is 44.9 Å². The molecule has 3 heterocycles. The van der Waals surface area contributed by atoms with Gasteiger partial charge in [0.2, 0.25) is 11.8 Å². The molecule has 1 N–H and O–H groups in total. The Balaban J connectivity index is 1.35. The van der Waals surface area contributed by atoms with E-state index in [1.165, 1.54) is 6.07 Å². The Labute approximate surface area is 140 Å². The molecule has 24 heavy (non-hydrogen) atoms. The number of nitrogens with zero attached hydrogens (tertiary/aromatic N) is 2. The second-order valence-corrected chi connectivity index (χ2v) is 6.78. The van der Waals surface area contributed by atoms with Crippen LogP contribution in [0, 0.1) is 5.92 Å². The Bertz CT molecular complexity index is 628. The Morgan fingerprint density at radius 3 is 2.67 bits per heavy atom. The lowest BCUT2D eigenvalue weighted by molar-refractivity contribution is -0.132. The summed E-state index contributed by atoms with van der Waals surface area (Å²) in [6, 6.07) is 1.39. The van der Waals surface area contributed by atoms with Crippen molar-refractivity contribution in [2.75, 3.05) is 26.2 Å². The summed E-state index contributed by atoms with van der Waals surface area (Å²) in [5.74, 6) is 1.54. The minimum atomic E-state index is -0.269. The molecule has 0 bridgehead atoms. The van der Waals surface area contributed by atoms with E-state index in [1.54, 1.807) is 0 Å². The van der Waals surface area contributed by atoms with Crippen molar-refractivity contribution in [2.24, 2.45) is 5.92 Å². The summed E-state index contributed by atoms with van der Waals surface area (Å²) in [6.45, 7) is 3.35.